The Morgan fingerprint density at radius 3 is 2.56 bits per heavy atom. The first-order chi connectivity index (χ1) is 12.0. The monoisotopic (exact) mass is 362 g/mol. The summed E-state index contributed by atoms with van der Waals surface area (Å²) in [5.41, 5.74) is 3.73. The van der Waals surface area contributed by atoms with Crippen molar-refractivity contribution in [1.82, 2.24) is 4.98 Å². The minimum Gasteiger partial charge on any atom is -0.508 e. The summed E-state index contributed by atoms with van der Waals surface area (Å²) >= 11 is 1.63. The number of benzene rings is 1. The smallest absolute Gasteiger partial charge is 0.123 e. The summed E-state index contributed by atoms with van der Waals surface area (Å²) in [6.07, 6.45) is 2.43. The van der Waals surface area contributed by atoms with Gasteiger partial charge in [0.2, 0.25) is 0 Å². The van der Waals surface area contributed by atoms with Gasteiger partial charge in [0.25, 0.3) is 0 Å². The lowest BCUT2D eigenvalue weighted by Gasteiger charge is -2.14. The molecule has 138 valence electrons. The molecule has 0 saturated heterocycles. The summed E-state index contributed by atoms with van der Waals surface area (Å²) < 4.78 is 5.33. The van der Waals surface area contributed by atoms with E-state index < -0.39 is 0 Å². The largest absolute Gasteiger partial charge is 0.508 e. The van der Waals surface area contributed by atoms with Gasteiger partial charge in [-0.25, -0.2) is 4.98 Å². The molecule has 1 aromatic heterocycles. The van der Waals surface area contributed by atoms with Crippen LogP contribution in [0.4, 0.5) is 5.69 Å². The fourth-order valence-corrected chi connectivity index (χ4v) is 3.35. The number of rotatable bonds is 6. The van der Waals surface area contributed by atoms with E-state index in [9.17, 15) is 5.11 Å². The number of thiazole rings is 1. The first-order valence-corrected chi connectivity index (χ1v) is 9.55. The van der Waals surface area contributed by atoms with E-state index in [0.717, 1.165) is 33.3 Å². The summed E-state index contributed by atoms with van der Waals surface area (Å²) in [6.45, 7) is 10.2. The van der Waals surface area contributed by atoms with Gasteiger partial charge in [-0.2, -0.15) is 0 Å². The van der Waals surface area contributed by atoms with Gasteiger partial charge in [-0.05, 0) is 31.1 Å². The zero-order valence-electron chi connectivity index (χ0n) is 16.3. The number of nitrogens with one attached hydrogen (secondary N) is 1. The van der Waals surface area contributed by atoms with Crippen LogP contribution in [0, 0.1) is 6.92 Å². The van der Waals surface area contributed by atoms with E-state index in [0.29, 0.717) is 12.3 Å². The van der Waals surface area contributed by atoms with Crippen molar-refractivity contribution in [2.75, 3.05) is 19.5 Å². The highest BCUT2D eigenvalue weighted by molar-refractivity contribution is 7.09. The Balaban J connectivity index is 0.00000151. The summed E-state index contributed by atoms with van der Waals surface area (Å²) in [4.78, 5) is 4.59. The number of nitrogens with zero attached hydrogens (tertiary/aromatic N) is 1. The number of anilines is 1. The van der Waals surface area contributed by atoms with Gasteiger partial charge in [0.1, 0.15) is 11.5 Å². The molecule has 0 radical (unpaired) electrons. The van der Waals surface area contributed by atoms with Crippen molar-refractivity contribution >= 4 is 22.8 Å². The van der Waals surface area contributed by atoms with E-state index in [2.05, 4.69) is 29.5 Å². The first kappa shape index (κ1) is 21.0. The maximum absolute atomic E-state index is 10.5. The van der Waals surface area contributed by atoms with E-state index in [1.165, 1.54) is 0 Å². The predicted molar refractivity (Wildman–Crippen MR) is 109 cm³/mol. The number of hydrogen-bond acceptors (Lipinski definition) is 5. The van der Waals surface area contributed by atoms with E-state index in [4.69, 9.17) is 4.74 Å². The van der Waals surface area contributed by atoms with Crippen molar-refractivity contribution in [1.29, 1.82) is 0 Å². The van der Waals surface area contributed by atoms with Crippen LogP contribution in [0.2, 0.25) is 0 Å². The molecule has 0 amide bonds. The molecule has 0 fully saturated rings. The molecule has 0 aliphatic heterocycles. The number of methoxy groups -OCH3 is 1. The van der Waals surface area contributed by atoms with E-state index in [1.54, 1.807) is 18.4 Å². The molecule has 4 nitrogen and oxygen atoms in total. The van der Waals surface area contributed by atoms with Crippen molar-refractivity contribution < 1.29 is 9.84 Å². The Bertz CT molecular complexity index is 706. The van der Waals surface area contributed by atoms with E-state index >= 15 is 0 Å². The first-order valence-electron chi connectivity index (χ1n) is 8.67. The molecule has 2 rings (SSSR count). The minimum atomic E-state index is 0.251. The Morgan fingerprint density at radius 1 is 1.36 bits per heavy atom. The molecule has 0 aliphatic carbocycles. The number of aliphatic hydroxyl groups is 1. The maximum atomic E-state index is 10.5. The third-order valence-electron chi connectivity index (χ3n) is 3.79. The molecular weight excluding hydrogens is 332 g/mol. The van der Waals surface area contributed by atoms with Gasteiger partial charge in [-0.1, -0.05) is 27.7 Å². The summed E-state index contributed by atoms with van der Waals surface area (Å²) in [7, 11) is 3.49. The molecule has 2 aromatic rings. The lowest BCUT2D eigenvalue weighted by molar-refractivity contribution is 0.412. The van der Waals surface area contributed by atoms with Crippen LogP contribution in [0.3, 0.4) is 0 Å². The number of hydrogen-bond donors (Lipinski definition) is 2. The lowest BCUT2D eigenvalue weighted by Crippen LogP contribution is -2.00. The average Bonchev–Trinajstić information content (AvgIpc) is 3.10. The van der Waals surface area contributed by atoms with Gasteiger partial charge in [-0.15, -0.1) is 11.3 Å². The standard InChI is InChI=1S/C18H24N2O2S.C2H6/c1-11(2)14-10-23-17(20-14)9-7-15(21)13-6-8-16(22-5)12(3)18(13)19-4;1-2/h6-8,10-11,19,21H,9H2,1-5H3;1-2H3/b15-7+;. The molecule has 0 unspecified atom stereocenters. The second-order valence-corrected chi connectivity index (χ2v) is 6.62. The van der Waals surface area contributed by atoms with Gasteiger partial charge >= 0.3 is 0 Å². The van der Waals surface area contributed by atoms with Crippen LogP contribution in [-0.2, 0) is 6.42 Å². The van der Waals surface area contributed by atoms with Gasteiger partial charge in [0.05, 0.1) is 23.5 Å². The molecule has 2 N–H and O–H groups in total. The van der Waals surface area contributed by atoms with Gasteiger partial charge in [0.15, 0.2) is 0 Å². The van der Waals surface area contributed by atoms with Crippen molar-refractivity contribution in [3.63, 3.8) is 0 Å². The molecule has 0 spiro atoms. The van der Waals surface area contributed by atoms with E-state index in [-0.39, 0.29) is 5.76 Å². The summed E-state index contributed by atoms with van der Waals surface area (Å²) in [5, 5.41) is 16.7. The van der Waals surface area contributed by atoms with Crippen molar-refractivity contribution in [2.45, 2.75) is 47.0 Å². The number of allylic oxidation sites excluding steroid dienone is 1. The molecule has 0 saturated carbocycles. The van der Waals surface area contributed by atoms with Crippen LogP contribution in [0.5, 0.6) is 5.75 Å². The quantitative estimate of drug-likeness (QED) is 0.638. The molecule has 5 heteroatoms. The zero-order valence-corrected chi connectivity index (χ0v) is 17.1. The van der Waals surface area contributed by atoms with Gasteiger partial charge < -0.3 is 15.2 Å². The second kappa shape index (κ2) is 10.1. The van der Waals surface area contributed by atoms with Crippen LogP contribution >= 0.6 is 11.3 Å². The van der Waals surface area contributed by atoms with Crippen LogP contribution in [-0.4, -0.2) is 24.2 Å². The third kappa shape index (κ3) is 5.23. The van der Waals surface area contributed by atoms with Crippen molar-refractivity contribution in [3.8, 4) is 5.75 Å². The minimum absolute atomic E-state index is 0.251. The highest BCUT2D eigenvalue weighted by atomic mass is 32.1. The molecule has 25 heavy (non-hydrogen) atoms. The molecule has 0 bridgehead atoms. The Hall–Kier alpha value is -2.01. The Kier molecular flexibility index (Phi) is 8.49. The Morgan fingerprint density at radius 2 is 2.04 bits per heavy atom. The number of ether oxygens (including phenoxy) is 1. The molecular formula is C20H30N2O2S. The average molecular weight is 363 g/mol. The van der Waals surface area contributed by atoms with Crippen molar-refractivity contribution in [3.05, 3.63) is 45.4 Å². The molecule has 0 aliphatic rings. The lowest BCUT2D eigenvalue weighted by atomic mass is 10.0. The maximum Gasteiger partial charge on any atom is 0.123 e. The highest BCUT2D eigenvalue weighted by Crippen LogP contribution is 2.32. The fraction of sp³-hybridized carbons (Fsp3) is 0.450. The second-order valence-electron chi connectivity index (χ2n) is 5.68. The topological polar surface area (TPSA) is 54.4 Å². The zero-order chi connectivity index (χ0) is 19.0. The fourth-order valence-electron chi connectivity index (χ4n) is 2.43. The van der Waals surface area contributed by atoms with Crippen LogP contribution < -0.4 is 10.1 Å². The highest BCUT2D eigenvalue weighted by Gasteiger charge is 2.12. The van der Waals surface area contributed by atoms with Gasteiger partial charge in [0, 0.05) is 30.0 Å². The Labute approximate surface area is 155 Å². The number of aromatic nitrogens is 1. The van der Waals surface area contributed by atoms with Crippen LogP contribution in [0.1, 0.15) is 55.4 Å². The number of aliphatic hydroxyl groups excluding tert-OH is 1. The molecule has 1 heterocycles. The van der Waals surface area contributed by atoms with Gasteiger partial charge in [-0.3, -0.25) is 0 Å². The van der Waals surface area contributed by atoms with Crippen LogP contribution in [0.15, 0.2) is 23.6 Å². The molecule has 0 atom stereocenters. The third-order valence-corrected chi connectivity index (χ3v) is 4.68. The van der Waals surface area contributed by atoms with Crippen molar-refractivity contribution in [2.24, 2.45) is 0 Å². The predicted octanol–water partition coefficient (Wildman–Crippen LogP) is 5.79. The SMILES string of the molecule is CC.CNc1c(/C(O)=C\Cc2nc(C(C)C)cs2)ccc(OC)c1C. The summed E-state index contributed by atoms with van der Waals surface area (Å²) in [5.74, 6) is 1.48. The van der Waals surface area contributed by atoms with Crippen LogP contribution in [0.25, 0.3) is 5.76 Å². The van der Waals surface area contributed by atoms with E-state index in [1.807, 2.05) is 46.0 Å². The summed E-state index contributed by atoms with van der Waals surface area (Å²) in [6, 6.07) is 3.74. The normalized spacial score (nSPS) is 11.1. The molecule has 1 aromatic carbocycles.